The predicted octanol–water partition coefficient (Wildman–Crippen LogP) is 2.65. The summed E-state index contributed by atoms with van der Waals surface area (Å²) < 4.78 is 18.8. The van der Waals surface area contributed by atoms with Gasteiger partial charge in [0.1, 0.15) is 11.6 Å². The lowest BCUT2D eigenvalue weighted by Gasteiger charge is -2.20. The molecular formula is C14H22FNO2. The largest absolute Gasteiger partial charge is 0.493 e. The maximum absolute atomic E-state index is 13.2. The summed E-state index contributed by atoms with van der Waals surface area (Å²) in [6, 6.07) is 4.61. The van der Waals surface area contributed by atoms with Gasteiger partial charge in [-0.2, -0.15) is 0 Å². The number of hydrogen-bond acceptors (Lipinski definition) is 3. The van der Waals surface area contributed by atoms with Crippen LogP contribution in [0.5, 0.6) is 5.75 Å². The van der Waals surface area contributed by atoms with Crippen LogP contribution in [0.25, 0.3) is 0 Å². The molecule has 2 N–H and O–H groups in total. The van der Waals surface area contributed by atoms with Gasteiger partial charge >= 0.3 is 0 Å². The van der Waals surface area contributed by atoms with Crippen molar-refractivity contribution in [3.05, 3.63) is 29.6 Å². The van der Waals surface area contributed by atoms with Crippen LogP contribution in [0.1, 0.15) is 38.8 Å². The molecule has 0 spiro atoms. The molecule has 1 rings (SSSR count). The van der Waals surface area contributed by atoms with Crippen LogP contribution < -0.4 is 10.1 Å². The van der Waals surface area contributed by atoms with E-state index in [-0.39, 0.29) is 11.9 Å². The summed E-state index contributed by atoms with van der Waals surface area (Å²) in [4.78, 5) is 0. The monoisotopic (exact) mass is 255 g/mol. The van der Waals surface area contributed by atoms with Crippen molar-refractivity contribution in [2.24, 2.45) is 0 Å². The fourth-order valence-electron chi connectivity index (χ4n) is 1.56. The first-order valence-corrected chi connectivity index (χ1v) is 6.15. The summed E-state index contributed by atoms with van der Waals surface area (Å²) >= 11 is 0. The summed E-state index contributed by atoms with van der Waals surface area (Å²) in [7, 11) is 1.84. The minimum atomic E-state index is -0.776. The van der Waals surface area contributed by atoms with Gasteiger partial charge in [-0.1, -0.05) is 6.07 Å². The van der Waals surface area contributed by atoms with Crippen LogP contribution in [0.15, 0.2) is 18.2 Å². The molecule has 3 nitrogen and oxygen atoms in total. The zero-order valence-corrected chi connectivity index (χ0v) is 11.5. The van der Waals surface area contributed by atoms with E-state index in [1.54, 1.807) is 19.9 Å². The third kappa shape index (κ3) is 4.63. The number of nitrogens with one attached hydrogen (secondary N) is 1. The van der Waals surface area contributed by atoms with Gasteiger partial charge in [-0.25, -0.2) is 4.39 Å². The van der Waals surface area contributed by atoms with E-state index in [2.05, 4.69) is 5.32 Å². The topological polar surface area (TPSA) is 41.5 Å². The number of rotatable bonds is 6. The fraction of sp³-hybridized carbons (Fsp3) is 0.571. The van der Waals surface area contributed by atoms with E-state index in [9.17, 15) is 9.50 Å². The average molecular weight is 255 g/mol. The van der Waals surface area contributed by atoms with Crippen molar-refractivity contribution < 1.29 is 14.2 Å². The van der Waals surface area contributed by atoms with Gasteiger partial charge in [-0.05, 0) is 33.9 Å². The van der Waals surface area contributed by atoms with Gasteiger partial charge in [0, 0.05) is 24.1 Å². The first-order valence-electron chi connectivity index (χ1n) is 6.15. The quantitative estimate of drug-likeness (QED) is 0.821. The van der Waals surface area contributed by atoms with Gasteiger partial charge in [0.15, 0.2) is 0 Å². The standard InChI is InChI=1S/C14H22FNO2/c1-10(16-4)12-6-5-11(15)9-13(12)18-8-7-14(2,3)17/h5-6,9-10,16-17H,7-8H2,1-4H3. The molecule has 0 bridgehead atoms. The Bertz CT molecular complexity index is 388. The summed E-state index contributed by atoms with van der Waals surface area (Å²) in [5.74, 6) is 0.210. The van der Waals surface area contributed by atoms with Crippen molar-refractivity contribution in [2.75, 3.05) is 13.7 Å². The number of benzene rings is 1. The van der Waals surface area contributed by atoms with Gasteiger partial charge < -0.3 is 15.2 Å². The summed E-state index contributed by atoms with van der Waals surface area (Å²) in [6.45, 7) is 5.78. The van der Waals surface area contributed by atoms with Gasteiger partial charge in [0.2, 0.25) is 0 Å². The fourth-order valence-corrected chi connectivity index (χ4v) is 1.56. The minimum absolute atomic E-state index is 0.0859. The molecule has 18 heavy (non-hydrogen) atoms. The smallest absolute Gasteiger partial charge is 0.126 e. The van der Waals surface area contributed by atoms with Crippen LogP contribution in [0.4, 0.5) is 4.39 Å². The molecule has 0 aromatic heterocycles. The van der Waals surface area contributed by atoms with Crippen molar-refractivity contribution in [1.82, 2.24) is 5.32 Å². The van der Waals surface area contributed by atoms with Crippen molar-refractivity contribution >= 4 is 0 Å². The van der Waals surface area contributed by atoms with E-state index in [4.69, 9.17) is 4.74 Å². The lowest BCUT2D eigenvalue weighted by molar-refractivity contribution is 0.0551. The summed E-state index contributed by atoms with van der Waals surface area (Å²) in [5, 5.41) is 12.7. The SMILES string of the molecule is CNC(C)c1ccc(F)cc1OCCC(C)(C)O. The van der Waals surface area contributed by atoms with Crippen LogP contribution in [-0.2, 0) is 0 Å². The number of aliphatic hydroxyl groups is 1. The van der Waals surface area contributed by atoms with Gasteiger partial charge in [-0.3, -0.25) is 0 Å². The highest BCUT2D eigenvalue weighted by atomic mass is 19.1. The molecule has 0 aliphatic heterocycles. The van der Waals surface area contributed by atoms with Crippen LogP contribution in [0.3, 0.4) is 0 Å². The highest BCUT2D eigenvalue weighted by molar-refractivity contribution is 5.36. The zero-order chi connectivity index (χ0) is 13.8. The Balaban J connectivity index is 2.76. The third-order valence-corrected chi connectivity index (χ3v) is 2.85. The van der Waals surface area contributed by atoms with E-state index in [1.165, 1.54) is 12.1 Å². The van der Waals surface area contributed by atoms with E-state index in [0.717, 1.165) is 5.56 Å². The number of ether oxygens (including phenoxy) is 1. The van der Waals surface area contributed by atoms with Crippen molar-refractivity contribution in [2.45, 2.75) is 38.8 Å². The van der Waals surface area contributed by atoms with E-state index in [0.29, 0.717) is 18.8 Å². The molecular weight excluding hydrogens is 233 g/mol. The maximum atomic E-state index is 13.2. The molecule has 1 unspecified atom stereocenters. The Kier molecular flexibility index (Phi) is 5.11. The maximum Gasteiger partial charge on any atom is 0.126 e. The molecule has 0 amide bonds. The van der Waals surface area contributed by atoms with Crippen LogP contribution in [0, 0.1) is 5.82 Å². The third-order valence-electron chi connectivity index (χ3n) is 2.85. The average Bonchev–Trinajstić information content (AvgIpc) is 2.26. The van der Waals surface area contributed by atoms with E-state index >= 15 is 0 Å². The highest BCUT2D eigenvalue weighted by Gasteiger charge is 2.15. The van der Waals surface area contributed by atoms with Crippen molar-refractivity contribution in [3.8, 4) is 5.75 Å². The second kappa shape index (κ2) is 6.16. The zero-order valence-electron chi connectivity index (χ0n) is 11.5. The summed E-state index contributed by atoms with van der Waals surface area (Å²) in [6.07, 6.45) is 0.497. The Labute approximate surface area is 108 Å². The number of halogens is 1. The van der Waals surface area contributed by atoms with E-state index in [1.807, 2.05) is 14.0 Å². The molecule has 4 heteroatoms. The molecule has 1 atom stereocenters. The lowest BCUT2D eigenvalue weighted by Crippen LogP contribution is -2.22. The Hall–Kier alpha value is -1.13. The van der Waals surface area contributed by atoms with Crippen LogP contribution >= 0.6 is 0 Å². The second-order valence-electron chi connectivity index (χ2n) is 5.10. The van der Waals surface area contributed by atoms with Crippen LogP contribution in [-0.4, -0.2) is 24.4 Å². The molecule has 0 saturated heterocycles. The minimum Gasteiger partial charge on any atom is -0.493 e. The lowest BCUT2D eigenvalue weighted by atomic mass is 10.1. The molecule has 0 saturated carbocycles. The Morgan fingerprint density at radius 3 is 2.67 bits per heavy atom. The Morgan fingerprint density at radius 1 is 1.44 bits per heavy atom. The normalized spacial score (nSPS) is 13.4. The van der Waals surface area contributed by atoms with Crippen molar-refractivity contribution in [3.63, 3.8) is 0 Å². The molecule has 0 fully saturated rings. The van der Waals surface area contributed by atoms with E-state index < -0.39 is 5.60 Å². The molecule has 0 radical (unpaired) electrons. The predicted molar refractivity (Wildman–Crippen MR) is 70.3 cm³/mol. The van der Waals surface area contributed by atoms with Gasteiger partial charge in [-0.15, -0.1) is 0 Å². The number of hydrogen-bond donors (Lipinski definition) is 2. The first kappa shape index (κ1) is 14.9. The highest BCUT2D eigenvalue weighted by Crippen LogP contribution is 2.26. The second-order valence-corrected chi connectivity index (χ2v) is 5.10. The Morgan fingerprint density at radius 2 is 2.11 bits per heavy atom. The molecule has 1 aromatic rings. The van der Waals surface area contributed by atoms with Crippen LogP contribution in [0.2, 0.25) is 0 Å². The van der Waals surface area contributed by atoms with Crippen molar-refractivity contribution in [1.29, 1.82) is 0 Å². The molecule has 102 valence electrons. The van der Waals surface area contributed by atoms with Gasteiger partial charge in [0.05, 0.1) is 12.2 Å². The molecule has 0 aliphatic carbocycles. The summed E-state index contributed by atoms with van der Waals surface area (Å²) in [5.41, 5.74) is 0.136. The first-order chi connectivity index (χ1) is 8.33. The molecule has 0 aliphatic rings. The van der Waals surface area contributed by atoms with Gasteiger partial charge in [0.25, 0.3) is 0 Å². The molecule has 0 heterocycles. The molecule has 1 aromatic carbocycles.